The number of benzene rings is 1. The summed E-state index contributed by atoms with van der Waals surface area (Å²) in [6, 6.07) is 12.5. The zero-order valence-electron chi connectivity index (χ0n) is 16.8. The molecule has 3 heterocycles. The van der Waals surface area contributed by atoms with E-state index in [1.807, 2.05) is 17.0 Å². The van der Waals surface area contributed by atoms with Crippen LogP contribution >= 0.6 is 0 Å². The van der Waals surface area contributed by atoms with Crippen LogP contribution in [0.25, 0.3) is 0 Å². The van der Waals surface area contributed by atoms with Gasteiger partial charge in [0.15, 0.2) is 0 Å². The highest BCUT2D eigenvalue weighted by Gasteiger charge is 2.31. The van der Waals surface area contributed by atoms with Gasteiger partial charge in [-0.05, 0) is 54.7 Å². The monoisotopic (exact) mass is 425 g/mol. The van der Waals surface area contributed by atoms with Crippen molar-refractivity contribution < 1.29 is 18.0 Å². The first kappa shape index (κ1) is 21.0. The summed E-state index contributed by atoms with van der Waals surface area (Å²) in [6.07, 6.45) is 3.72. The van der Waals surface area contributed by atoms with Gasteiger partial charge in [0, 0.05) is 37.3 Å². The van der Waals surface area contributed by atoms with Gasteiger partial charge in [0.25, 0.3) is 5.91 Å². The molecule has 1 amide bonds. The summed E-state index contributed by atoms with van der Waals surface area (Å²) in [5.41, 5.74) is 2.08. The molecule has 1 saturated heterocycles. The second kappa shape index (κ2) is 8.88. The number of hydrogen-bond acceptors (Lipinski definition) is 3. The van der Waals surface area contributed by atoms with Gasteiger partial charge in [-0.2, -0.15) is 13.2 Å². The van der Waals surface area contributed by atoms with E-state index in [1.54, 1.807) is 36.8 Å². The average molecular weight is 425 g/mol. The molecule has 4 rings (SSSR count). The van der Waals surface area contributed by atoms with Crippen LogP contribution in [0, 0.1) is 0 Å². The maximum Gasteiger partial charge on any atom is 0.416 e. The lowest BCUT2D eigenvalue weighted by Gasteiger charge is -2.36. The van der Waals surface area contributed by atoms with Gasteiger partial charge in [-0.1, -0.05) is 24.3 Å². The smallest absolute Gasteiger partial charge is 0.332 e. The Kier molecular flexibility index (Phi) is 6.02. The summed E-state index contributed by atoms with van der Waals surface area (Å²) in [5.74, 6) is -0.0501. The molecule has 0 spiro atoms. The fraction of sp³-hybridized carbons (Fsp3) is 0.292. The Morgan fingerprint density at radius 2 is 1.94 bits per heavy atom. The Balaban J connectivity index is 1.51. The minimum atomic E-state index is -4.36. The van der Waals surface area contributed by atoms with Crippen molar-refractivity contribution in [3.05, 3.63) is 95.1 Å². The summed E-state index contributed by atoms with van der Waals surface area (Å²) in [5, 5.41) is 0. The van der Waals surface area contributed by atoms with Crippen LogP contribution in [0.1, 0.15) is 58.0 Å². The largest absolute Gasteiger partial charge is 0.416 e. The number of alkyl halides is 3. The Bertz CT molecular complexity index is 1040. The van der Waals surface area contributed by atoms with Crippen molar-refractivity contribution >= 4 is 5.91 Å². The third-order valence-corrected chi connectivity index (χ3v) is 5.54. The van der Waals surface area contributed by atoms with Crippen LogP contribution in [0.2, 0.25) is 0 Å². The second-order valence-electron chi connectivity index (χ2n) is 7.71. The van der Waals surface area contributed by atoms with Crippen LogP contribution in [-0.2, 0) is 12.6 Å². The lowest BCUT2D eigenvalue weighted by atomic mass is 9.95. The molecule has 1 atom stereocenters. The van der Waals surface area contributed by atoms with Crippen molar-refractivity contribution in [2.45, 2.75) is 37.9 Å². The number of amides is 1. The van der Waals surface area contributed by atoms with Gasteiger partial charge in [-0.25, -0.2) is 0 Å². The van der Waals surface area contributed by atoms with E-state index in [2.05, 4.69) is 9.97 Å². The highest BCUT2D eigenvalue weighted by atomic mass is 19.4. The number of hydrogen-bond donors (Lipinski definition) is 0. The van der Waals surface area contributed by atoms with E-state index in [4.69, 9.17) is 0 Å². The molecule has 31 heavy (non-hydrogen) atoms. The number of halogens is 3. The molecule has 4 nitrogen and oxygen atoms in total. The molecule has 1 aliphatic rings. The fourth-order valence-corrected chi connectivity index (χ4v) is 3.98. The normalized spacial score (nSPS) is 16.9. The molecule has 3 aromatic rings. The quantitative estimate of drug-likeness (QED) is 0.558. The summed E-state index contributed by atoms with van der Waals surface area (Å²) < 4.78 is 38.8. The standard InChI is InChI=1S/C24H22F3N3O/c25-24(26,27)20-7-3-5-17(13-20)14-21-10-9-18(16-29-21)22-8-1-2-12-30(22)23(31)19-6-4-11-28-15-19/h3-7,9-11,13,15-16,22H,1-2,8,12,14H2. The van der Waals surface area contributed by atoms with Gasteiger partial charge in [-0.15, -0.1) is 0 Å². The van der Waals surface area contributed by atoms with Crippen molar-refractivity contribution in [1.82, 2.24) is 14.9 Å². The van der Waals surface area contributed by atoms with Crippen LogP contribution in [0.3, 0.4) is 0 Å². The van der Waals surface area contributed by atoms with E-state index >= 15 is 0 Å². The molecule has 2 aromatic heterocycles. The molecule has 0 N–H and O–H groups in total. The highest BCUT2D eigenvalue weighted by molar-refractivity contribution is 5.94. The third kappa shape index (κ3) is 4.93. The predicted octanol–water partition coefficient (Wildman–Crippen LogP) is 5.45. The molecule has 160 valence electrons. The van der Waals surface area contributed by atoms with Gasteiger partial charge >= 0.3 is 6.18 Å². The Morgan fingerprint density at radius 1 is 1.06 bits per heavy atom. The van der Waals surface area contributed by atoms with Crippen LogP contribution in [-0.4, -0.2) is 27.3 Å². The second-order valence-corrected chi connectivity index (χ2v) is 7.71. The van der Waals surface area contributed by atoms with Gasteiger partial charge in [-0.3, -0.25) is 14.8 Å². The lowest BCUT2D eigenvalue weighted by molar-refractivity contribution is -0.137. The lowest BCUT2D eigenvalue weighted by Crippen LogP contribution is -2.38. The van der Waals surface area contributed by atoms with E-state index in [1.165, 1.54) is 6.07 Å². The van der Waals surface area contributed by atoms with Crippen LogP contribution < -0.4 is 0 Å². The predicted molar refractivity (Wildman–Crippen MR) is 110 cm³/mol. The van der Waals surface area contributed by atoms with Crippen molar-refractivity contribution in [2.75, 3.05) is 6.54 Å². The van der Waals surface area contributed by atoms with Crippen LogP contribution in [0.5, 0.6) is 0 Å². The van der Waals surface area contributed by atoms with Gasteiger partial charge in [0.05, 0.1) is 17.2 Å². The number of likely N-dealkylation sites (tertiary alicyclic amines) is 1. The zero-order chi connectivity index (χ0) is 21.8. The van der Waals surface area contributed by atoms with E-state index in [-0.39, 0.29) is 11.9 Å². The fourth-order valence-electron chi connectivity index (χ4n) is 3.98. The van der Waals surface area contributed by atoms with E-state index < -0.39 is 11.7 Å². The summed E-state index contributed by atoms with van der Waals surface area (Å²) in [4.78, 5) is 23.4. The maximum atomic E-state index is 13.0. The zero-order valence-corrected chi connectivity index (χ0v) is 16.8. The van der Waals surface area contributed by atoms with E-state index in [0.29, 0.717) is 29.8 Å². The number of piperidine rings is 1. The number of carbonyl (C=O) groups excluding carboxylic acids is 1. The number of pyridine rings is 2. The molecule has 0 radical (unpaired) electrons. The molecule has 7 heteroatoms. The van der Waals surface area contributed by atoms with Gasteiger partial charge < -0.3 is 4.90 Å². The maximum absolute atomic E-state index is 13.0. The van der Waals surface area contributed by atoms with Gasteiger partial charge in [0.2, 0.25) is 0 Å². The Morgan fingerprint density at radius 3 is 2.65 bits per heavy atom. The first-order valence-electron chi connectivity index (χ1n) is 10.2. The number of aromatic nitrogens is 2. The van der Waals surface area contributed by atoms with Crippen molar-refractivity contribution in [3.63, 3.8) is 0 Å². The van der Waals surface area contributed by atoms with E-state index in [0.717, 1.165) is 37.0 Å². The minimum Gasteiger partial charge on any atom is -0.332 e. The number of nitrogens with zero attached hydrogens (tertiary/aromatic N) is 3. The average Bonchev–Trinajstić information content (AvgIpc) is 2.79. The van der Waals surface area contributed by atoms with Crippen molar-refractivity contribution in [2.24, 2.45) is 0 Å². The highest BCUT2D eigenvalue weighted by Crippen LogP contribution is 2.32. The first-order valence-corrected chi connectivity index (χ1v) is 10.2. The Hall–Kier alpha value is -3.22. The minimum absolute atomic E-state index is 0.0501. The SMILES string of the molecule is O=C(c1cccnc1)N1CCCCC1c1ccc(Cc2cccc(C(F)(F)F)c2)nc1. The molecule has 1 unspecified atom stereocenters. The first-order chi connectivity index (χ1) is 14.9. The number of carbonyl (C=O) groups is 1. The summed E-state index contributed by atoms with van der Waals surface area (Å²) in [6.45, 7) is 0.671. The molecular formula is C24H22F3N3O. The molecule has 0 saturated carbocycles. The summed E-state index contributed by atoms with van der Waals surface area (Å²) in [7, 11) is 0. The molecular weight excluding hydrogens is 403 g/mol. The molecule has 0 aliphatic carbocycles. The van der Waals surface area contributed by atoms with Crippen LogP contribution in [0.4, 0.5) is 13.2 Å². The molecule has 1 fully saturated rings. The van der Waals surface area contributed by atoms with Crippen LogP contribution in [0.15, 0.2) is 67.1 Å². The molecule has 1 aromatic carbocycles. The van der Waals surface area contributed by atoms with E-state index in [9.17, 15) is 18.0 Å². The summed E-state index contributed by atoms with van der Waals surface area (Å²) >= 11 is 0. The Labute approximate surface area is 178 Å². The third-order valence-electron chi connectivity index (χ3n) is 5.54. The molecule has 0 bridgehead atoms. The van der Waals surface area contributed by atoms with Crippen molar-refractivity contribution in [1.29, 1.82) is 0 Å². The number of rotatable bonds is 4. The topological polar surface area (TPSA) is 46.1 Å². The molecule has 1 aliphatic heterocycles. The van der Waals surface area contributed by atoms with Crippen molar-refractivity contribution in [3.8, 4) is 0 Å². The van der Waals surface area contributed by atoms with Gasteiger partial charge in [0.1, 0.15) is 0 Å².